The molecule has 2 N–H and O–H groups in total. The number of hydrogen-bond donors (Lipinski definition) is 1. The first kappa shape index (κ1) is 21.6. The van der Waals surface area contributed by atoms with E-state index in [1.165, 1.54) is 0 Å². The Kier molecular flexibility index (Phi) is 6.21. The van der Waals surface area contributed by atoms with Gasteiger partial charge in [0.25, 0.3) is 0 Å². The van der Waals surface area contributed by atoms with Gasteiger partial charge in [0.05, 0.1) is 18.9 Å². The van der Waals surface area contributed by atoms with Crippen molar-refractivity contribution in [2.24, 2.45) is 11.1 Å². The molecule has 1 fully saturated rings. The molecule has 1 saturated heterocycles. The van der Waals surface area contributed by atoms with Crippen molar-refractivity contribution in [3.05, 3.63) is 84.2 Å². The summed E-state index contributed by atoms with van der Waals surface area (Å²) in [5.74, 6) is 0.447. The Labute approximate surface area is 188 Å². The number of carbonyl (C=O) groups is 2. The van der Waals surface area contributed by atoms with E-state index in [-0.39, 0.29) is 18.2 Å². The second-order valence-electron chi connectivity index (χ2n) is 8.32. The number of aromatic nitrogens is 1. The van der Waals surface area contributed by atoms with E-state index in [2.05, 4.69) is 4.98 Å². The summed E-state index contributed by atoms with van der Waals surface area (Å²) in [5, 5.41) is 0. The van der Waals surface area contributed by atoms with Crippen molar-refractivity contribution < 1.29 is 14.3 Å². The molecule has 0 radical (unpaired) electrons. The molecule has 2 heterocycles. The van der Waals surface area contributed by atoms with Crippen LogP contribution in [0.5, 0.6) is 5.75 Å². The number of para-hydroxylation sites is 1. The van der Waals surface area contributed by atoms with Crippen LogP contribution in [0.1, 0.15) is 17.5 Å². The molecule has 1 aromatic heterocycles. The predicted octanol–water partition coefficient (Wildman–Crippen LogP) is 3.25. The molecule has 1 aliphatic rings. The van der Waals surface area contributed by atoms with Crippen LogP contribution in [0.4, 0.5) is 0 Å². The third kappa shape index (κ3) is 4.49. The lowest BCUT2D eigenvalue weighted by Gasteiger charge is -2.26. The number of likely N-dealkylation sites (tertiary alicyclic amines) is 1. The van der Waals surface area contributed by atoms with Gasteiger partial charge in [-0.25, -0.2) is 0 Å². The average Bonchev–Trinajstić information content (AvgIpc) is 3.26. The van der Waals surface area contributed by atoms with Crippen LogP contribution in [-0.2, 0) is 22.4 Å². The monoisotopic (exact) mass is 429 g/mol. The van der Waals surface area contributed by atoms with Crippen LogP contribution in [0.2, 0.25) is 0 Å². The number of carbonyl (C=O) groups excluding carboxylic acids is 2. The van der Waals surface area contributed by atoms with E-state index in [4.69, 9.17) is 10.5 Å². The lowest BCUT2D eigenvalue weighted by Crippen LogP contribution is -2.42. The SMILES string of the molecule is COc1ccccc1-c1ccc(C[C@@]2(C(N)=O)CCN(C(=O)Cc3cccnc3)C2)cc1. The molecular weight excluding hydrogens is 402 g/mol. The number of methoxy groups -OCH3 is 1. The van der Waals surface area contributed by atoms with Crippen molar-refractivity contribution >= 4 is 11.8 Å². The van der Waals surface area contributed by atoms with Crippen LogP contribution in [0.25, 0.3) is 11.1 Å². The standard InChI is InChI=1S/C26H27N3O3/c1-32-23-7-3-2-6-22(23)21-10-8-19(9-11-21)16-26(25(27)31)12-14-29(18-26)24(30)15-20-5-4-13-28-17-20/h2-11,13,17H,12,14-16,18H2,1H3,(H2,27,31)/t26-/m0/s1. The number of nitrogens with zero attached hydrogens (tertiary/aromatic N) is 2. The topological polar surface area (TPSA) is 85.5 Å². The van der Waals surface area contributed by atoms with Gasteiger partial charge < -0.3 is 15.4 Å². The lowest BCUT2D eigenvalue weighted by molar-refractivity contribution is -0.131. The van der Waals surface area contributed by atoms with Crippen molar-refractivity contribution in [3.8, 4) is 16.9 Å². The van der Waals surface area contributed by atoms with E-state index < -0.39 is 5.41 Å². The maximum absolute atomic E-state index is 12.8. The first-order valence-electron chi connectivity index (χ1n) is 10.7. The smallest absolute Gasteiger partial charge is 0.227 e. The number of benzene rings is 2. The quantitative estimate of drug-likeness (QED) is 0.625. The van der Waals surface area contributed by atoms with Crippen LogP contribution in [0, 0.1) is 5.41 Å². The number of amides is 2. The van der Waals surface area contributed by atoms with Crippen molar-refractivity contribution in [1.29, 1.82) is 0 Å². The van der Waals surface area contributed by atoms with Crippen molar-refractivity contribution in [2.45, 2.75) is 19.3 Å². The predicted molar refractivity (Wildman–Crippen MR) is 123 cm³/mol. The van der Waals surface area contributed by atoms with Gasteiger partial charge in [-0.2, -0.15) is 0 Å². The summed E-state index contributed by atoms with van der Waals surface area (Å²) < 4.78 is 5.46. The second kappa shape index (κ2) is 9.22. The maximum Gasteiger partial charge on any atom is 0.227 e. The van der Waals surface area contributed by atoms with Crippen LogP contribution in [0.15, 0.2) is 73.1 Å². The van der Waals surface area contributed by atoms with Gasteiger partial charge in [-0.05, 0) is 41.7 Å². The molecule has 2 aromatic carbocycles. The zero-order valence-electron chi connectivity index (χ0n) is 18.2. The summed E-state index contributed by atoms with van der Waals surface area (Å²) in [7, 11) is 1.66. The number of primary amides is 1. The summed E-state index contributed by atoms with van der Waals surface area (Å²) in [6.07, 6.45) is 4.72. The number of nitrogens with two attached hydrogens (primary N) is 1. The fourth-order valence-electron chi connectivity index (χ4n) is 4.38. The van der Waals surface area contributed by atoms with Gasteiger partial charge in [-0.1, -0.05) is 48.5 Å². The van der Waals surface area contributed by atoms with Gasteiger partial charge in [-0.3, -0.25) is 14.6 Å². The zero-order valence-corrected chi connectivity index (χ0v) is 18.2. The average molecular weight is 430 g/mol. The molecule has 0 saturated carbocycles. The fraction of sp³-hybridized carbons (Fsp3) is 0.269. The second-order valence-corrected chi connectivity index (χ2v) is 8.32. The fourth-order valence-corrected chi connectivity index (χ4v) is 4.38. The molecule has 6 nitrogen and oxygen atoms in total. The molecule has 6 heteroatoms. The van der Waals surface area contributed by atoms with Crippen LogP contribution in [0.3, 0.4) is 0 Å². The Morgan fingerprint density at radius 3 is 2.53 bits per heavy atom. The Hall–Kier alpha value is -3.67. The highest BCUT2D eigenvalue weighted by atomic mass is 16.5. The van der Waals surface area contributed by atoms with E-state index in [1.54, 1.807) is 24.4 Å². The minimum absolute atomic E-state index is 0.00681. The van der Waals surface area contributed by atoms with E-state index >= 15 is 0 Å². The maximum atomic E-state index is 12.8. The molecule has 1 aliphatic heterocycles. The molecule has 0 unspecified atom stereocenters. The summed E-state index contributed by atoms with van der Waals surface area (Å²) in [4.78, 5) is 31.1. The summed E-state index contributed by atoms with van der Waals surface area (Å²) in [5.41, 5.74) is 9.03. The minimum atomic E-state index is -0.753. The highest BCUT2D eigenvalue weighted by Gasteiger charge is 2.44. The molecule has 164 valence electrons. The summed E-state index contributed by atoms with van der Waals surface area (Å²) in [6, 6.07) is 19.7. The van der Waals surface area contributed by atoms with Gasteiger partial charge in [0.2, 0.25) is 11.8 Å². The molecule has 1 atom stereocenters. The Balaban J connectivity index is 1.48. The number of pyridine rings is 1. The first-order chi connectivity index (χ1) is 15.5. The van der Waals surface area contributed by atoms with Gasteiger partial charge in [0, 0.05) is 31.0 Å². The largest absolute Gasteiger partial charge is 0.496 e. The molecular formula is C26H27N3O3. The molecule has 32 heavy (non-hydrogen) atoms. The van der Waals surface area contributed by atoms with Crippen LogP contribution >= 0.6 is 0 Å². The van der Waals surface area contributed by atoms with Gasteiger partial charge in [-0.15, -0.1) is 0 Å². The van der Waals surface area contributed by atoms with Crippen molar-refractivity contribution in [2.75, 3.05) is 20.2 Å². The third-order valence-corrected chi connectivity index (χ3v) is 6.22. The molecule has 0 aliphatic carbocycles. The summed E-state index contributed by atoms with van der Waals surface area (Å²) >= 11 is 0. The van der Waals surface area contributed by atoms with Gasteiger partial charge in [0.1, 0.15) is 5.75 Å². The van der Waals surface area contributed by atoms with Crippen molar-refractivity contribution in [3.63, 3.8) is 0 Å². The summed E-state index contributed by atoms with van der Waals surface area (Å²) in [6.45, 7) is 0.872. The highest BCUT2D eigenvalue weighted by molar-refractivity contribution is 5.85. The molecule has 4 rings (SSSR count). The van der Waals surface area contributed by atoms with Crippen LogP contribution < -0.4 is 10.5 Å². The Morgan fingerprint density at radius 2 is 1.84 bits per heavy atom. The molecule has 3 aromatic rings. The molecule has 0 bridgehead atoms. The van der Waals surface area contributed by atoms with E-state index in [9.17, 15) is 9.59 Å². The number of rotatable bonds is 7. The Bertz CT molecular complexity index is 1100. The lowest BCUT2D eigenvalue weighted by atomic mass is 9.80. The zero-order chi connectivity index (χ0) is 22.6. The molecule has 0 spiro atoms. The minimum Gasteiger partial charge on any atom is -0.496 e. The normalized spacial score (nSPS) is 17.8. The third-order valence-electron chi connectivity index (χ3n) is 6.22. The van der Waals surface area contributed by atoms with Gasteiger partial charge in [0.15, 0.2) is 0 Å². The molecule has 2 amide bonds. The van der Waals surface area contributed by atoms with Gasteiger partial charge >= 0.3 is 0 Å². The highest BCUT2D eigenvalue weighted by Crippen LogP contribution is 2.36. The van der Waals surface area contributed by atoms with Crippen molar-refractivity contribution in [1.82, 2.24) is 9.88 Å². The van der Waals surface area contributed by atoms with Crippen LogP contribution in [-0.4, -0.2) is 41.9 Å². The van der Waals surface area contributed by atoms with E-state index in [0.717, 1.165) is 28.0 Å². The Morgan fingerprint density at radius 1 is 1.06 bits per heavy atom. The number of hydrogen-bond acceptors (Lipinski definition) is 4. The first-order valence-corrected chi connectivity index (χ1v) is 10.7. The van der Waals surface area contributed by atoms with E-state index in [0.29, 0.717) is 25.9 Å². The van der Waals surface area contributed by atoms with E-state index in [1.807, 2.05) is 60.7 Å². The number of ether oxygens (including phenoxy) is 1.